The first-order valence-corrected chi connectivity index (χ1v) is 11.2. The van der Waals surface area contributed by atoms with Crippen LogP contribution in [0.2, 0.25) is 0 Å². The summed E-state index contributed by atoms with van der Waals surface area (Å²) < 4.78 is 9.84. The highest BCUT2D eigenvalue weighted by Crippen LogP contribution is 2.24. The second kappa shape index (κ2) is 15.8. The van der Waals surface area contributed by atoms with Crippen molar-refractivity contribution in [2.75, 3.05) is 7.11 Å². The molecule has 0 aliphatic rings. The van der Waals surface area contributed by atoms with Gasteiger partial charge in [-0.15, -0.1) is 0 Å². The molecule has 0 amide bonds. The zero-order valence-corrected chi connectivity index (χ0v) is 18.2. The van der Waals surface area contributed by atoms with Gasteiger partial charge in [0.25, 0.3) is 0 Å². The molecule has 0 fully saturated rings. The van der Waals surface area contributed by atoms with E-state index in [1.165, 1.54) is 89.5 Å². The highest BCUT2D eigenvalue weighted by Gasteiger charge is 2.14. The molecule has 1 aromatic rings. The van der Waals surface area contributed by atoms with Crippen molar-refractivity contribution in [3.05, 3.63) is 23.8 Å². The van der Waals surface area contributed by atoms with Crippen LogP contribution < -0.4 is 4.74 Å². The Bertz CT molecular complexity index is 597. The van der Waals surface area contributed by atoms with Gasteiger partial charge in [-0.05, 0) is 24.6 Å². The molecule has 29 heavy (non-hydrogen) atoms. The first-order valence-electron chi connectivity index (χ1n) is 11.2. The topological polar surface area (TPSA) is 72.8 Å². The van der Waals surface area contributed by atoms with Crippen LogP contribution in [0.4, 0.5) is 0 Å². The van der Waals surface area contributed by atoms with Crippen molar-refractivity contribution >= 4 is 11.9 Å². The van der Waals surface area contributed by atoms with E-state index in [1.54, 1.807) is 0 Å². The summed E-state index contributed by atoms with van der Waals surface area (Å²) in [5, 5.41) is 9.66. The minimum atomic E-state index is -0.670. The van der Waals surface area contributed by atoms with Crippen LogP contribution in [0.1, 0.15) is 107 Å². The number of hydrogen-bond donors (Lipinski definition) is 1. The Morgan fingerprint density at radius 3 is 1.86 bits per heavy atom. The van der Waals surface area contributed by atoms with Crippen molar-refractivity contribution in [1.29, 1.82) is 0 Å². The molecule has 164 valence electrons. The molecular formula is C24H38O5. The largest absolute Gasteiger partial charge is 0.507 e. The van der Waals surface area contributed by atoms with Gasteiger partial charge in [0.1, 0.15) is 17.1 Å². The maximum Gasteiger partial charge on any atom is 0.341 e. The molecule has 0 spiro atoms. The Balaban J connectivity index is 2.05. The molecule has 0 saturated heterocycles. The molecule has 1 N–H and O–H groups in total. The number of carbonyl (C=O) groups excluding carboxylic acids is 2. The molecule has 5 nitrogen and oxygen atoms in total. The molecule has 0 unspecified atom stereocenters. The highest BCUT2D eigenvalue weighted by atomic mass is 16.5. The van der Waals surface area contributed by atoms with Gasteiger partial charge in [0.2, 0.25) is 0 Å². The monoisotopic (exact) mass is 406 g/mol. The molecule has 0 saturated carbocycles. The third-order valence-corrected chi connectivity index (χ3v) is 5.09. The number of methoxy groups -OCH3 is 1. The molecule has 0 atom stereocenters. The van der Waals surface area contributed by atoms with E-state index in [0.717, 1.165) is 19.3 Å². The van der Waals surface area contributed by atoms with Gasteiger partial charge in [0.15, 0.2) is 0 Å². The third kappa shape index (κ3) is 11.5. The van der Waals surface area contributed by atoms with Crippen molar-refractivity contribution in [2.45, 2.75) is 96.8 Å². The van der Waals surface area contributed by atoms with Crippen LogP contribution in [0.5, 0.6) is 11.5 Å². The minimum absolute atomic E-state index is 0.0150. The number of ether oxygens (including phenoxy) is 2. The second-order valence-corrected chi connectivity index (χ2v) is 7.64. The highest BCUT2D eigenvalue weighted by molar-refractivity contribution is 5.93. The Morgan fingerprint density at radius 1 is 0.828 bits per heavy atom. The number of hydrogen-bond acceptors (Lipinski definition) is 5. The average Bonchev–Trinajstić information content (AvgIpc) is 2.72. The Morgan fingerprint density at radius 2 is 1.34 bits per heavy atom. The van der Waals surface area contributed by atoms with Crippen LogP contribution in [-0.2, 0) is 9.53 Å². The van der Waals surface area contributed by atoms with Crippen molar-refractivity contribution < 1.29 is 24.2 Å². The van der Waals surface area contributed by atoms with Crippen LogP contribution in [-0.4, -0.2) is 24.2 Å². The standard InChI is InChI=1S/C24H38O5/c1-3-4-5-6-7-8-9-10-11-12-13-14-15-16-23(26)29-20-17-18-22(25)21(19-20)24(27)28-2/h17-19,25H,3-16H2,1-2H3. The summed E-state index contributed by atoms with van der Waals surface area (Å²) in [5.74, 6) is -0.956. The molecular weight excluding hydrogens is 368 g/mol. The molecule has 1 aromatic carbocycles. The number of phenolic OH excluding ortho intramolecular Hbond substituents is 1. The normalized spacial score (nSPS) is 10.7. The fourth-order valence-corrected chi connectivity index (χ4v) is 3.32. The van der Waals surface area contributed by atoms with Gasteiger partial charge in [-0.2, -0.15) is 0 Å². The first kappa shape index (κ1) is 25.0. The van der Waals surface area contributed by atoms with E-state index >= 15 is 0 Å². The minimum Gasteiger partial charge on any atom is -0.507 e. The van der Waals surface area contributed by atoms with Crippen molar-refractivity contribution in [2.24, 2.45) is 0 Å². The quantitative estimate of drug-likeness (QED) is 0.191. The van der Waals surface area contributed by atoms with Crippen LogP contribution in [0.15, 0.2) is 18.2 Å². The summed E-state index contributed by atoms with van der Waals surface area (Å²) in [6.45, 7) is 2.25. The zero-order valence-electron chi connectivity index (χ0n) is 18.2. The fraction of sp³-hybridized carbons (Fsp3) is 0.667. The lowest BCUT2D eigenvalue weighted by atomic mass is 10.0. The number of carbonyl (C=O) groups is 2. The van der Waals surface area contributed by atoms with E-state index in [0.29, 0.717) is 6.42 Å². The number of aromatic hydroxyl groups is 1. The molecule has 0 aliphatic carbocycles. The lowest BCUT2D eigenvalue weighted by molar-refractivity contribution is -0.134. The van der Waals surface area contributed by atoms with Crippen LogP contribution in [0, 0.1) is 0 Å². The Kier molecular flexibility index (Phi) is 13.6. The van der Waals surface area contributed by atoms with Crippen molar-refractivity contribution in [3.8, 4) is 11.5 Å². The van der Waals surface area contributed by atoms with E-state index in [1.807, 2.05) is 0 Å². The summed E-state index contributed by atoms with van der Waals surface area (Å²) in [6.07, 6.45) is 16.7. The number of unbranched alkanes of at least 4 members (excludes halogenated alkanes) is 12. The van der Waals surface area contributed by atoms with Gasteiger partial charge >= 0.3 is 11.9 Å². The predicted octanol–water partition coefficient (Wildman–Crippen LogP) is 6.57. The van der Waals surface area contributed by atoms with Gasteiger partial charge < -0.3 is 14.6 Å². The van der Waals surface area contributed by atoms with E-state index in [9.17, 15) is 14.7 Å². The SMILES string of the molecule is CCCCCCCCCCCCCCCC(=O)Oc1ccc(O)c(C(=O)OC)c1. The Labute approximate surface area is 175 Å². The predicted molar refractivity (Wildman–Crippen MR) is 115 cm³/mol. The summed E-state index contributed by atoms with van der Waals surface area (Å²) in [6, 6.07) is 4.10. The maximum atomic E-state index is 11.9. The average molecular weight is 407 g/mol. The van der Waals surface area contributed by atoms with E-state index in [-0.39, 0.29) is 23.0 Å². The van der Waals surface area contributed by atoms with Gasteiger partial charge in [-0.3, -0.25) is 4.79 Å². The summed E-state index contributed by atoms with van der Waals surface area (Å²) in [5.41, 5.74) is -0.0150. The second-order valence-electron chi connectivity index (χ2n) is 7.64. The lowest BCUT2D eigenvalue weighted by Crippen LogP contribution is -2.09. The van der Waals surface area contributed by atoms with E-state index in [2.05, 4.69) is 11.7 Å². The van der Waals surface area contributed by atoms with E-state index in [4.69, 9.17) is 4.74 Å². The molecule has 0 radical (unpaired) electrons. The number of rotatable bonds is 16. The van der Waals surface area contributed by atoms with Crippen molar-refractivity contribution in [1.82, 2.24) is 0 Å². The molecule has 0 aliphatic heterocycles. The third-order valence-electron chi connectivity index (χ3n) is 5.09. The molecule has 5 heteroatoms. The molecule has 0 bridgehead atoms. The van der Waals surface area contributed by atoms with Crippen LogP contribution >= 0.6 is 0 Å². The Hall–Kier alpha value is -2.04. The van der Waals surface area contributed by atoms with Crippen LogP contribution in [0.3, 0.4) is 0 Å². The first-order chi connectivity index (χ1) is 14.1. The molecule has 0 aromatic heterocycles. The van der Waals surface area contributed by atoms with Gasteiger partial charge in [-0.25, -0.2) is 4.79 Å². The lowest BCUT2D eigenvalue weighted by Gasteiger charge is -2.07. The summed E-state index contributed by atoms with van der Waals surface area (Å²) in [4.78, 5) is 23.5. The van der Waals surface area contributed by atoms with Gasteiger partial charge in [-0.1, -0.05) is 84.0 Å². The molecule has 1 rings (SSSR count). The number of phenols is 1. The fourth-order valence-electron chi connectivity index (χ4n) is 3.32. The van der Waals surface area contributed by atoms with Crippen molar-refractivity contribution in [3.63, 3.8) is 0 Å². The maximum absolute atomic E-state index is 11.9. The molecule has 0 heterocycles. The van der Waals surface area contributed by atoms with Gasteiger partial charge in [0, 0.05) is 6.42 Å². The number of esters is 2. The van der Waals surface area contributed by atoms with Crippen LogP contribution in [0.25, 0.3) is 0 Å². The summed E-state index contributed by atoms with van der Waals surface area (Å²) >= 11 is 0. The smallest absolute Gasteiger partial charge is 0.341 e. The van der Waals surface area contributed by atoms with E-state index < -0.39 is 5.97 Å². The summed E-state index contributed by atoms with van der Waals surface area (Å²) in [7, 11) is 1.23. The zero-order chi connectivity index (χ0) is 21.3. The van der Waals surface area contributed by atoms with Gasteiger partial charge in [0.05, 0.1) is 7.11 Å². The number of benzene rings is 1.